The minimum Gasteiger partial charge on any atom is -0.406 e. The van der Waals surface area contributed by atoms with E-state index in [1.54, 1.807) is 0 Å². The van der Waals surface area contributed by atoms with Crippen LogP contribution in [0.25, 0.3) is 0 Å². The smallest absolute Gasteiger partial charge is 0.406 e. The number of nitrogens with two attached hydrogens (primary N) is 1. The lowest BCUT2D eigenvalue weighted by Crippen LogP contribution is -2.18. The molecule has 2 nitrogen and oxygen atoms in total. The van der Waals surface area contributed by atoms with Gasteiger partial charge >= 0.3 is 6.36 Å². The SMILES string of the molecule is CC(CN)Cc1cc(OC(F)(F)F)cc(C(C)C)c1. The molecule has 1 rings (SSSR count). The molecule has 0 saturated heterocycles. The molecule has 5 heteroatoms. The third-order valence-electron chi connectivity index (χ3n) is 2.88. The van der Waals surface area contributed by atoms with Crippen LogP contribution in [-0.2, 0) is 6.42 Å². The van der Waals surface area contributed by atoms with Crippen molar-refractivity contribution >= 4 is 0 Å². The maximum absolute atomic E-state index is 12.3. The lowest BCUT2D eigenvalue weighted by Gasteiger charge is -2.16. The maximum atomic E-state index is 12.3. The Bertz CT molecular complexity index is 416. The van der Waals surface area contributed by atoms with Crippen molar-refractivity contribution < 1.29 is 17.9 Å². The molecule has 0 spiro atoms. The van der Waals surface area contributed by atoms with Gasteiger partial charge in [0.1, 0.15) is 5.75 Å². The van der Waals surface area contributed by atoms with E-state index in [1.165, 1.54) is 12.1 Å². The summed E-state index contributed by atoms with van der Waals surface area (Å²) in [5, 5.41) is 0. The molecular formula is C14H20F3NO. The zero-order valence-electron chi connectivity index (χ0n) is 11.4. The first-order chi connectivity index (χ1) is 8.71. The van der Waals surface area contributed by atoms with Gasteiger partial charge in [0.2, 0.25) is 0 Å². The van der Waals surface area contributed by atoms with Crippen molar-refractivity contribution in [3.63, 3.8) is 0 Å². The van der Waals surface area contributed by atoms with Crippen LogP contribution in [0.5, 0.6) is 5.75 Å². The van der Waals surface area contributed by atoms with Gasteiger partial charge in [0, 0.05) is 0 Å². The summed E-state index contributed by atoms with van der Waals surface area (Å²) in [7, 11) is 0. The number of halogens is 3. The van der Waals surface area contributed by atoms with Gasteiger partial charge in [0.05, 0.1) is 0 Å². The fourth-order valence-corrected chi connectivity index (χ4v) is 1.82. The van der Waals surface area contributed by atoms with Crippen molar-refractivity contribution in [1.29, 1.82) is 0 Å². The zero-order valence-corrected chi connectivity index (χ0v) is 11.4. The van der Waals surface area contributed by atoms with Crippen molar-refractivity contribution in [2.75, 3.05) is 6.54 Å². The molecule has 1 atom stereocenters. The molecule has 1 aromatic carbocycles. The van der Waals surface area contributed by atoms with Crippen LogP contribution in [0.3, 0.4) is 0 Å². The van der Waals surface area contributed by atoms with Gasteiger partial charge in [0.15, 0.2) is 0 Å². The molecule has 0 amide bonds. The van der Waals surface area contributed by atoms with Gasteiger partial charge in [-0.2, -0.15) is 0 Å². The fraction of sp³-hybridized carbons (Fsp3) is 0.571. The summed E-state index contributed by atoms with van der Waals surface area (Å²) in [5.74, 6) is 0.211. The molecule has 1 unspecified atom stereocenters. The molecular weight excluding hydrogens is 255 g/mol. The lowest BCUT2D eigenvalue weighted by molar-refractivity contribution is -0.274. The molecule has 0 saturated carbocycles. The Balaban J connectivity index is 3.03. The molecule has 0 heterocycles. The Morgan fingerprint density at radius 2 is 1.79 bits per heavy atom. The van der Waals surface area contributed by atoms with Gasteiger partial charge in [-0.25, -0.2) is 0 Å². The minimum atomic E-state index is -4.66. The first-order valence-corrected chi connectivity index (χ1v) is 6.31. The summed E-state index contributed by atoms with van der Waals surface area (Å²) in [6.07, 6.45) is -4.02. The Labute approximate surface area is 111 Å². The Kier molecular flexibility index (Phi) is 5.23. The fourth-order valence-electron chi connectivity index (χ4n) is 1.82. The number of hydrogen-bond acceptors (Lipinski definition) is 2. The van der Waals surface area contributed by atoms with Crippen LogP contribution in [0.2, 0.25) is 0 Å². The minimum absolute atomic E-state index is 0.142. The quantitative estimate of drug-likeness (QED) is 0.886. The van der Waals surface area contributed by atoms with Crippen LogP contribution >= 0.6 is 0 Å². The molecule has 0 aliphatic carbocycles. The van der Waals surface area contributed by atoms with E-state index in [0.717, 1.165) is 11.1 Å². The monoisotopic (exact) mass is 275 g/mol. The zero-order chi connectivity index (χ0) is 14.6. The molecule has 0 bridgehead atoms. The number of ether oxygens (including phenoxy) is 1. The van der Waals surface area contributed by atoms with Gasteiger partial charge < -0.3 is 10.5 Å². The lowest BCUT2D eigenvalue weighted by atomic mass is 9.95. The van der Waals surface area contributed by atoms with Gasteiger partial charge in [-0.15, -0.1) is 13.2 Å². The van der Waals surface area contributed by atoms with Crippen LogP contribution in [0.15, 0.2) is 18.2 Å². The number of hydrogen-bond donors (Lipinski definition) is 1. The molecule has 19 heavy (non-hydrogen) atoms. The van der Waals surface area contributed by atoms with Crippen molar-refractivity contribution in [1.82, 2.24) is 0 Å². The first kappa shape index (κ1) is 15.8. The van der Waals surface area contributed by atoms with Crippen LogP contribution in [0, 0.1) is 5.92 Å². The number of benzene rings is 1. The van der Waals surface area contributed by atoms with Crippen LogP contribution < -0.4 is 10.5 Å². The molecule has 108 valence electrons. The Morgan fingerprint density at radius 1 is 1.16 bits per heavy atom. The molecule has 0 aliphatic rings. The molecule has 0 aromatic heterocycles. The summed E-state index contributed by atoms with van der Waals surface area (Å²) in [4.78, 5) is 0. The third kappa shape index (κ3) is 5.51. The second-order valence-corrected chi connectivity index (χ2v) is 5.16. The standard InChI is InChI=1S/C14H20F3NO/c1-9(2)12-5-11(4-10(3)8-18)6-13(7-12)19-14(15,16)17/h5-7,9-10H,4,8,18H2,1-3H3. The van der Waals surface area contributed by atoms with E-state index in [9.17, 15) is 13.2 Å². The van der Waals surface area contributed by atoms with E-state index >= 15 is 0 Å². The van der Waals surface area contributed by atoms with Crippen molar-refractivity contribution in [2.24, 2.45) is 11.7 Å². The van der Waals surface area contributed by atoms with Crippen LogP contribution in [0.4, 0.5) is 13.2 Å². The second kappa shape index (κ2) is 6.28. The Morgan fingerprint density at radius 3 is 2.26 bits per heavy atom. The summed E-state index contributed by atoms with van der Waals surface area (Å²) >= 11 is 0. The van der Waals surface area contributed by atoms with Gasteiger partial charge in [-0.1, -0.05) is 26.8 Å². The number of rotatable bonds is 5. The van der Waals surface area contributed by atoms with Gasteiger partial charge in [0.25, 0.3) is 0 Å². The van der Waals surface area contributed by atoms with E-state index in [1.807, 2.05) is 26.8 Å². The maximum Gasteiger partial charge on any atom is 0.573 e. The molecule has 2 N–H and O–H groups in total. The van der Waals surface area contributed by atoms with Crippen molar-refractivity contribution in [3.8, 4) is 5.75 Å². The highest BCUT2D eigenvalue weighted by Gasteiger charge is 2.31. The summed E-state index contributed by atoms with van der Waals surface area (Å²) < 4.78 is 40.9. The Hall–Kier alpha value is -1.23. The van der Waals surface area contributed by atoms with Crippen molar-refractivity contribution in [2.45, 2.75) is 39.5 Å². The molecule has 1 aromatic rings. The highest BCUT2D eigenvalue weighted by Crippen LogP contribution is 2.28. The summed E-state index contributed by atoms with van der Waals surface area (Å²) in [6, 6.07) is 4.79. The van der Waals surface area contributed by atoms with Crippen LogP contribution in [-0.4, -0.2) is 12.9 Å². The normalized spacial score (nSPS) is 13.7. The van der Waals surface area contributed by atoms with E-state index in [0.29, 0.717) is 13.0 Å². The van der Waals surface area contributed by atoms with Crippen LogP contribution in [0.1, 0.15) is 37.8 Å². The largest absolute Gasteiger partial charge is 0.573 e. The highest BCUT2D eigenvalue weighted by molar-refractivity contribution is 5.36. The van der Waals surface area contributed by atoms with Crippen molar-refractivity contribution in [3.05, 3.63) is 29.3 Å². The summed E-state index contributed by atoms with van der Waals surface area (Å²) in [5.41, 5.74) is 7.20. The molecule has 0 radical (unpaired) electrons. The predicted molar refractivity (Wildman–Crippen MR) is 69.1 cm³/mol. The average molecular weight is 275 g/mol. The predicted octanol–water partition coefficient (Wildman–Crippen LogP) is 3.85. The van der Waals surface area contributed by atoms with E-state index in [2.05, 4.69) is 4.74 Å². The van der Waals surface area contributed by atoms with E-state index < -0.39 is 6.36 Å². The van der Waals surface area contributed by atoms with E-state index in [4.69, 9.17) is 5.73 Å². The second-order valence-electron chi connectivity index (χ2n) is 5.16. The highest BCUT2D eigenvalue weighted by atomic mass is 19.4. The molecule has 0 fully saturated rings. The van der Waals surface area contributed by atoms with E-state index in [-0.39, 0.29) is 17.6 Å². The summed E-state index contributed by atoms with van der Waals surface area (Å²) in [6.45, 7) is 6.33. The third-order valence-corrected chi connectivity index (χ3v) is 2.88. The first-order valence-electron chi connectivity index (χ1n) is 6.31. The molecule has 0 aliphatic heterocycles. The number of alkyl halides is 3. The average Bonchev–Trinajstić information content (AvgIpc) is 2.25. The topological polar surface area (TPSA) is 35.2 Å². The van der Waals surface area contributed by atoms with Gasteiger partial charge in [-0.05, 0) is 48.1 Å². The van der Waals surface area contributed by atoms with Gasteiger partial charge in [-0.3, -0.25) is 0 Å².